The summed E-state index contributed by atoms with van der Waals surface area (Å²) in [6.07, 6.45) is 3.77. The second kappa shape index (κ2) is 8.15. The molecule has 19 heavy (non-hydrogen) atoms. The first-order chi connectivity index (χ1) is 9.08. The van der Waals surface area contributed by atoms with E-state index in [1.54, 1.807) is 6.92 Å². The highest BCUT2D eigenvalue weighted by Gasteiger charge is 2.32. The van der Waals surface area contributed by atoms with Crippen LogP contribution in [0.2, 0.25) is 0 Å². The van der Waals surface area contributed by atoms with Crippen LogP contribution in [0.15, 0.2) is 0 Å². The highest BCUT2D eigenvalue weighted by atomic mass is 16.5. The van der Waals surface area contributed by atoms with Gasteiger partial charge in [0.15, 0.2) is 0 Å². The van der Waals surface area contributed by atoms with Gasteiger partial charge >= 0.3 is 5.97 Å². The fraction of sp³-hybridized carbons (Fsp3) is 0.857. The van der Waals surface area contributed by atoms with Gasteiger partial charge in [0.1, 0.15) is 6.04 Å². The maximum Gasteiger partial charge on any atom is 0.323 e. The van der Waals surface area contributed by atoms with Crippen LogP contribution in [0, 0.1) is 0 Å². The van der Waals surface area contributed by atoms with Gasteiger partial charge in [-0.2, -0.15) is 0 Å². The predicted octanol–water partition coefficient (Wildman–Crippen LogP) is 1.32. The van der Waals surface area contributed by atoms with Crippen molar-refractivity contribution in [1.29, 1.82) is 0 Å². The van der Waals surface area contributed by atoms with Crippen molar-refractivity contribution >= 4 is 11.9 Å². The molecule has 1 saturated heterocycles. The van der Waals surface area contributed by atoms with Crippen molar-refractivity contribution in [2.75, 3.05) is 19.7 Å². The van der Waals surface area contributed by atoms with E-state index in [1.807, 2.05) is 11.8 Å². The van der Waals surface area contributed by atoms with E-state index >= 15 is 0 Å². The Labute approximate surface area is 115 Å². The number of amides is 1. The summed E-state index contributed by atoms with van der Waals surface area (Å²) in [5, 5.41) is 2.97. The molecule has 1 fully saturated rings. The largest absolute Gasteiger partial charge is 0.465 e. The lowest BCUT2D eigenvalue weighted by molar-refractivity contribution is -0.148. The van der Waals surface area contributed by atoms with Crippen LogP contribution >= 0.6 is 0 Å². The maximum absolute atomic E-state index is 11.9. The molecule has 1 rings (SSSR count). The average molecular weight is 270 g/mol. The molecule has 0 aromatic carbocycles. The van der Waals surface area contributed by atoms with Gasteiger partial charge in [-0.3, -0.25) is 14.5 Å². The first-order valence-corrected chi connectivity index (χ1v) is 7.28. The highest BCUT2D eigenvalue weighted by Crippen LogP contribution is 2.18. The summed E-state index contributed by atoms with van der Waals surface area (Å²) in [6, 6.07) is -0.0478. The Balaban J connectivity index is 2.42. The number of likely N-dealkylation sites (tertiary alicyclic amines) is 1. The van der Waals surface area contributed by atoms with E-state index in [0.29, 0.717) is 6.61 Å². The second-order valence-corrected chi connectivity index (χ2v) is 5.14. The summed E-state index contributed by atoms with van der Waals surface area (Å²) >= 11 is 0. The van der Waals surface area contributed by atoms with Gasteiger partial charge in [0.2, 0.25) is 5.91 Å². The van der Waals surface area contributed by atoms with E-state index in [2.05, 4.69) is 12.2 Å². The minimum Gasteiger partial charge on any atom is -0.465 e. The number of nitrogens with zero attached hydrogens (tertiary/aromatic N) is 1. The molecule has 5 heteroatoms. The predicted molar refractivity (Wildman–Crippen MR) is 73.7 cm³/mol. The Morgan fingerprint density at radius 3 is 2.79 bits per heavy atom. The molecule has 2 unspecified atom stereocenters. The molecule has 1 heterocycles. The fourth-order valence-electron chi connectivity index (χ4n) is 2.53. The lowest BCUT2D eigenvalue weighted by atomic mass is 10.2. The summed E-state index contributed by atoms with van der Waals surface area (Å²) in [4.78, 5) is 25.6. The molecule has 0 aromatic rings. The van der Waals surface area contributed by atoms with Crippen molar-refractivity contribution < 1.29 is 14.3 Å². The molecule has 0 bridgehead atoms. The molecular formula is C14H26N2O3. The van der Waals surface area contributed by atoms with Crippen LogP contribution in [0.3, 0.4) is 0 Å². The Morgan fingerprint density at radius 1 is 1.42 bits per heavy atom. The summed E-state index contributed by atoms with van der Waals surface area (Å²) in [7, 11) is 0. The average Bonchev–Trinajstić information content (AvgIpc) is 2.77. The van der Waals surface area contributed by atoms with E-state index in [4.69, 9.17) is 4.74 Å². The lowest BCUT2D eigenvalue weighted by Crippen LogP contribution is -2.45. The van der Waals surface area contributed by atoms with Crippen molar-refractivity contribution in [3.8, 4) is 0 Å². The first kappa shape index (κ1) is 16.0. The minimum absolute atomic E-state index is 0.00264. The summed E-state index contributed by atoms with van der Waals surface area (Å²) in [6.45, 7) is 7.38. The zero-order chi connectivity index (χ0) is 14.3. The number of carbonyl (C=O) groups is 2. The van der Waals surface area contributed by atoms with Gasteiger partial charge in [0.25, 0.3) is 0 Å². The third-order valence-electron chi connectivity index (χ3n) is 3.40. The van der Waals surface area contributed by atoms with E-state index in [1.165, 1.54) is 0 Å². The van der Waals surface area contributed by atoms with E-state index in [9.17, 15) is 9.59 Å². The Hall–Kier alpha value is -1.10. The SMILES string of the molecule is CCCC(C)NC(=O)CN1CCCC1C(=O)OCC. The molecule has 2 atom stereocenters. The molecule has 5 nitrogen and oxygen atoms in total. The molecule has 0 spiro atoms. The molecule has 0 aromatic heterocycles. The standard InChI is InChI=1S/C14H26N2O3/c1-4-7-11(3)15-13(17)10-16-9-6-8-12(16)14(18)19-5-2/h11-12H,4-10H2,1-3H3,(H,15,17). The van der Waals surface area contributed by atoms with Crippen LogP contribution < -0.4 is 5.32 Å². The van der Waals surface area contributed by atoms with E-state index in [-0.39, 0.29) is 30.5 Å². The molecule has 1 aliphatic heterocycles. The number of ether oxygens (including phenoxy) is 1. The molecule has 0 radical (unpaired) electrons. The molecule has 110 valence electrons. The molecule has 1 amide bonds. The molecule has 1 aliphatic rings. The Morgan fingerprint density at radius 2 is 2.16 bits per heavy atom. The number of hydrogen-bond acceptors (Lipinski definition) is 4. The molecular weight excluding hydrogens is 244 g/mol. The zero-order valence-corrected chi connectivity index (χ0v) is 12.3. The van der Waals surface area contributed by atoms with Crippen molar-refractivity contribution in [3.63, 3.8) is 0 Å². The van der Waals surface area contributed by atoms with Crippen molar-refractivity contribution in [2.24, 2.45) is 0 Å². The maximum atomic E-state index is 11.9. The van der Waals surface area contributed by atoms with E-state index in [0.717, 1.165) is 32.2 Å². The van der Waals surface area contributed by atoms with Gasteiger partial charge < -0.3 is 10.1 Å². The van der Waals surface area contributed by atoms with Crippen LogP contribution in [0.4, 0.5) is 0 Å². The van der Waals surface area contributed by atoms with Crippen molar-refractivity contribution in [1.82, 2.24) is 10.2 Å². The van der Waals surface area contributed by atoms with Crippen molar-refractivity contribution in [3.05, 3.63) is 0 Å². The topological polar surface area (TPSA) is 58.6 Å². The number of esters is 1. The van der Waals surface area contributed by atoms with Crippen molar-refractivity contribution in [2.45, 2.75) is 58.5 Å². The van der Waals surface area contributed by atoms with Gasteiger partial charge in [-0.1, -0.05) is 13.3 Å². The normalized spacial score (nSPS) is 21.1. The first-order valence-electron chi connectivity index (χ1n) is 7.28. The summed E-state index contributed by atoms with van der Waals surface area (Å²) in [5.41, 5.74) is 0. The summed E-state index contributed by atoms with van der Waals surface area (Å²) in [5.74, 6) is -0.202. The quantitative estimate of drug-likeness (QED) is 0.709. The minimum atomic E-state index is -0.243. The van der Waals surface area contributed by atoms with Crippen LogP contribution in [0.5, 0.6) is 0 Å². The zero-order valence-electron chi connectivity index (χ0n) is 12.3. The Kier molecular flexibility index (Phi) is 6.84. The van der Waals surface area contributed by atoms with Crippen LogP contribution in [0.25, 0.3) is 0 Å². The van der Waals surface area contributed by atoms with Gasteiger partial charge in [0, 0.05) is 6.04 Å². The number of nitrogens with one attached hydrogen (secondary N) is 1. The van der Waals surface area contributed by atoms with Gasteiger partial charge in [-0.25, -0.2) is 0 Å². The van der Waals surface area contributed by atoms with Crippen LogP contribution in [0.1, 0.15) is 46.5 Å². The molecule has 0 aliphatic carbocycles. The second-order valence-electron chi connectivity index (χ2n) is 5.14. The van der Waals surface area contributed by atoms with Gasteiger partial charge in [-0.05, 0) is 39.7 Å². The third kappa shape index (κ3) is 5.19. The third-order valence-corrected chi connectivity index (χ3v) is 3.40. The monoisotopic (exact) mass is 270 g/mol. The van der Waals surface area contributed by atoms with Gasteiger partial charge in [-0.15, -0.1) is 0 Å². The molecule has 1 N–H and O–H groups in total. The van der Waals surface area contributed by atoms with Crippen LogP contribution in [-0.4, -0.2) is 48.6 Å². The smallest absolute Gasteiger partial charge is 0.323 e. The van der Waals surface area contributed by atoms with E-state index < -0.39 is 0 Å². The lowest BCUT2D eigenvalue weighted by Gasteiger charge is -2.23. The number of rotatable bonds is 7. The summed E-state index contributed by atoms with van der Waals surface area (Å²) < 4.78 is 5.04. The molecule has 0 saturated carbocycles. The Bertz CT molecular complexity index is 307. The fourth-order valence-corrected chi connectivity index (χ4v) is 2.53. The van der Waals surface area contributed by atoms with Crippen LogP contribution in [-0.2, 0) is 14.3 Å². The number of hydrogen-bond donors (Lipinski definition) is 1. The van der Waals surface area contributed by atoms with Gasteiger partial charge in [0.05, 0.1) is 13.2 Å². The number of carbonyl (C=O) groups excluding carboxylic acids is 2. The highest BCUT2D eigenvalue weighted by molar-refractivity contribution is 5.81.